The zero-order chi connectivity index (χ0) is 24.2. The number of anilines is 1. The van der Waals surface area contributed by atoms with Gasteiger partial charge in [-0.3, -0.25) is 9.59 Å². The van der Waals surface area contributed by atoms with Gasteiger partial charge < -0.3 is 25.8 Å². The first kappa shape index (κ1) is 24.2. The van der Waals surface area contributed by atoms with Crippen molar-refractivity contribution in [3.05, 3.63) is 58.2 Å². The topological polar surface area (TPSA) is 133 Å². The minimum Gasteiger partial charge on any atom is -0.466 e. The minimum atomic E-state index is -1.11. The van der Waals surface area contributed by atoms with Gasteiger partial charge in [0.25, 0.3) is 5.91 Å². The Bertz CT molecular complexity index is 1070. The second-order valence-electron chi connectivity index (χ2n) is 7.73. The van der Waals surface area contributed by atoms with E-state index in [1.54, 1.807) is 27.7 Å². The van der Waals surface area contributed by atoms with Crippen LogP contribution in [-0.4, -0.2) is 41.7 Å². The van der Waals surface area contributed by atoms with Gasteiger partial charge in [-0.25, -0.2) is 9.78 Å². The van der Waals surface area contributed by atoms with Crippen LogP contribution in [0, 0.1) is 5.92 Å². The maximum absolute atomic E-state index is 13.4. The molecule has 1 aromatic carbocycles. The Kier molecular flexibility index (Phi) is 7.37. The number of thiazole rings is 1. The molecule has 2 aromatic rings. The monoisotopic (exact) mass is 472 g/mol. The highest BCUT2D eigenvalue weighted by molar-refractivity contribution is 7.13. The number of benzene rings is 1. The Balaban J connectivity index is 2.17. The van der Waals surface area contributed by atoms with Crippen LogP contribution in [0.1, 0.15) is 49.7 Å². The molecule has 0 saturated heterocycles. The van der Waals surface area contributed by atoms with E-state index >= 15 is 0 Å². The molecule has 1 aromatic heterocycles. The van der Waals surface area contributed by atoms with Gasteiger partial charge in [-0.15, -0.1) is 11.3 Å². The molecular formula is C23H28N4O5S. The number of nitrogens with two attached hydrogens (primary N) is 1. The first-order valence-corrected chi connectivity index (χ1v) is 11.5. The van der Waals surface area contributed by atoms with Gasteiger partial charge in [0.05, 0.1) is 18.8 Å². The highest BCUT2D eigenvalue weighted by atomic mass is 32.1. The average molecular weight is 473 g/mol. The Labute approximate surface area is 196 Å². The summed E-state index contributed by atoms with van der Waals surface area (Å²) in [5.41, 5.74) is 6.03. The number of rotatable bonds is 8. The Morgan fingerprint density at radius 1 is 1.18 bits per heavy atom. The molecule has 0 bridgehead atoms. The third-order valence-corrected chi connectivity index (χ3v) is 6.19. The minimum absolute atomic E-state index is 0.119. The van der Waals surface area contributed by atoms with E-state index in [1.165, 1.54) is 16.7 Å². The maximum Gasteiger partial charge on any atom is 0.336 e. The lowest BCUT2D eigenvalue weighted by molar-refractivity contribution is -0.152. The van der Waals surface area contributed by atoms with E-state index in [1.807, 2.05) is 30.3 Å². The first-order chi connectivity index (χ1) is 15.7. The molecule has 0 fully saturated rings. The van der Waals surface area contributed by atoms with Gasteiger partial charge in [0, 0.05) is 17.0 Å². The SMILES string of the molecule is CCOC(=O)C1=C(C)NC(C)(Nc2nc(C(N)=O)cs2)C(C(=O)OCC)C1c1ccccc1. The molecule has 2 heterocycles. The van der Waals surface area contributed by atoms with Crippen LogP contribution in [0.2, 0.25) is 0 Å². The standard InChI is InChI=1S/C23H28N4O5S/c1-5-31-20(29)16-13(3)26-23(4,27-22-25-15(12-33-22)19(24)28)18(21(30)32-6-2)17(16)14-10-8-7-9-11-14/h7-12,17-18,26H,5-6H2,1-4H3,(H2,24,28)(H,25,27). The highest BCUT2D eigenvalue weighted by Gasteiger charge is 2.52. The van der Waals surface area contributed by atoms with E-state index in [0.29, 0.717) is 16.4 Å². The van der Waals surface area contributed by atoms with Gasteiger partial charge in [-0.05, 0) is 33.3 Å². The number of aromatic nitrogens is 1. The summed E-state index contributed by atoms with van der Waals surface area (Å²) in [7, 11) is 0. The third kappa shape index (κ3) is 5.00. The summed E-state index contributed by atoms with van der Waals surface area (Å²) in [5, 5.41) is 8.46. The number of allylic oxidation sites excluding steroid dienone is 1. The normalized spacial score (nSPS) is 22.3. The fourth-order valence-corrected chi connectivity index (χ4v) is 4.97. The van der Waals surface area contributed by atoms with Crippen LogP contribution < -0.4 is 16.4 Å². The molecule has 10 heteroatoms. The van der Waals surface area contributed by atoms with Gasteiger partial charge in [0.2, 0.25) is 0 Å². The second-order valence-corrected chi connectivity index (χ2v) is 8.59. The van der Waals surface area contributed by atoms with Crippen LogP contribution in [-0.2, 0) is 19.1 Å². The van der Waals surface area contributed by atoms with Crippen molar-refractivity contribution in [3.63, 3.8) is 0 Å². The van der Waals surface area contributed by atoms with Crippen LogP contribution >= 0.6 is 11.3 Å². The molecule has 9 nitrogen and oxygen atoms in total. The fraction of sp³-hybridized carbons (Fsp3) is 0.391. The van der Waals surface area contributed by atoms with Gasteiger partial charge in [0.15, 0.2) is 5.13 Å². The summed E-state index contributed by atoms with van der Waals surface area (Å²) < 4.78 is 10.8. The molecule has 0 radical (unpaired) electrons. The summed E-state index contributed by atoms with van der Waals surface area (Å²) in [4.78, 5) is 42.1. The number of carbonyl (C=O) groups excluding carboxylic acids is 3. The van der Waals surface area contributed by atoms with Crippen molar-refractivity contribution >= 4 is 34.3 Å². The van der Waals surface area contributed by atoms with Crippen LogP contribution in [0.15, 0.2) is 47.0 Å². The number of esters is 2. The van der Waals surface area contributed by atoms with Crippen molar-refractivity contribution in [2.45, 2.75) is 39.3 Å². The summed E-state index contributed by atoms with van der Waals surface area (Å²) in [6, 6.07) is 9.29. The zero-order valence-electron chi connectivity index (χ0n) is 19.0. The van der Waals surface area contributed by atoms with Gasteiger partial charge in [0.1, 0.15) is 17.3 Å². The Hall–Kier alpha value is -3.40. The predicted octanol–water partition coefficient (Wildman–Crippen LogP) is 2.77. The number of amides is 1. The molecule has 3 atom stereocenters. The van der Waals surface area contributed by atoms with Crippen molar-refractivity contribution in [2.24, 2.45) is 11.7 Å². The van der Waals surface area contributed by atoms with Crippen molar-refractivity contribution in [1.82, 2.24) is 10.3 Å². The lowest BCUT2D eigenvalue weighted by atomic mass is 9.71. The molecule has 33 heavy (non-hydrogen) atoms. The summed E-state index contributed by atoms with van der Waals surface area (Å²) in [6.45, 7) is 7.39. The van der Waals surface area contributed by atoms with E-state index in [2.05, 4.69) is 15.6 Å². The van der Waals surface area contributed by atoms with E-state index in [9.17, 15) is 14.4 Å². The van der Waals surface area contributed by atoms with E-state index in [4.69, 9.17) is 15.2 Å². The van der Waals surface area contributed by atoms with Gasteiger partial charge >= 0.3 is 11.9 Å². The quantitative estimate of drug-likeness (QED) is 0.500. The Morgan fingerprint density at radius 2 is 1.85 bits per heavy atom. The van der Waals surface area contributed by atoms with Gasteiger partial charge in [-0.1, -0.05) is 30.3 Å². The van der Waals surface area contributed by atoms with Crippen LogP contribution in [0.4, 0.5) is 5.13 Å². The number of nitrogens with zero attached hydrogens (tertiary/aromatic N) is 1. The summed E-state index contributed by atoms with van der Waals surface area (Å²) in [6.07, 6.45) is 0. The zero-order valence-corrected chi connectivity index (χ0v) is 19.8. The number of hydrogen-bond acceptors (Lipinski definition) is 9. The molecular weight excluding hydrogens is 444 g/mol. The van der Waals surface area contributed by atoms with Crippen molar-refractivity contribution in [1.29, 1.82) is 0 Å². The van der Waals surface area contributed by atoms with Crippen LogP contribution in [0.3, 0.4) is 0 Å². The number of primary amides is 1. The number of nitrogens with one attached hydrogen (secondary N) is 2. The molecule has 3 unspecified atom stereocenters. The van der Waals surface area contributed by atoms with E-state index in [-0.39, 0.29) is 18.9 Å². The smallest absolute Gasteiger partial charge is 0.336 e. The summed E-state index contributed by atoms with van der Waals surface area (Å²) >= 11 is 1.19. The number of hydrogen-bond donors (Lipinski definition) is 3. The lowest BCUT2D eigenvalue weighted by Gasteiger charge is -2.46. The maximum atomic E-state index is 13.4. The second kappa shape index (κ2) is 10.0. The highest BCUT2D eigenvalue weighted by Crippen LogP contribution is 2.45. The average Bonchev–Trinajstić information content (AvgIpc) is 3.22. The van der Waals surface area contributed by atoms with Crippen molar-refractivity contribution < 1.29 is 23.9 Å². The molecule has 0 spiro atoms. The molecule has 176 valence electrons. The van der Waals surface area contributed by atoms with Crippen molar-refractivity contribution in [2.75, 3.05) is 18.5 Å². The molecule has 0 aliphatic carbocycles. The predicted molar refractivity (Wildman–Crippen MR) is 124 cm³/mol. The fourth-order valence-electron chi connectivity index (χ4n) is 4.16. The van der Waals surface area contributed by atoms with Gasteiger partial charge in [-0.2, -0.15) is 0 Å². The lowest BCUT2D eigenvalue weighted by Crippen LogP contribution is -2.62. The van der Waals surface area contributed by atoms with E-state index in [0.717, 1.165) is 5.56 Å². The molecule has 1 aliphatic heterocycles. The molecule has 4 N–H and O–H groups in total. The van der Waals surface area contributed by atoms with Crippen LogP contribution in [0.5, 0.6) is 0 Å². The summed E-state index contributed by atoms with van der Waals surface area (Å²) in [5.74, 6) is -3.17. The van der Waals surface area contributed by atoms with Crippen molar-refractivity contribution in [3.8, 4) is 0 Å². The molecule has 3 rings (SSSR count). The third-order valence-electron chi connectivity index (χ3n) is 5.44. The number of carbonyl (C=O) groups is 3. The van der Waals surface area contributed by atoms with Crippen LogP contribution in [0.25, 0.3) is 0 Å². The first-order valence-electron chi connectivity index (χ1n) is 10.6. The molecule has 1 amide bonds. The largest absolute Gasteiger partial charge is 0.466 e. The molecule has 0 saturated carbocycles. The number of ether oxygens (including phenoxy) is 2. The van der Waals surface area contributed by atoms with E-state index < -0.39 is 35.3 Å². The Morgan fingerprint density at radius 3 is 2.42 bits per heavy atom. The molecule has 1 aliphatic rings.